The van der Waals surface area contributed by atoms with Crippen LogP contribution in [0.25, 0.3) is 11.5 Å². The molecule has 2 aromatic rings. The van der Waals surface area contributed by atoms with E-state index < -0.39 is 0 Å². The highest BCUT2D eigenvalue weighted by atomic mass is 32.2. The van der Waals surface area contributed by atoms with Crippen LogP contribution in [0.5, 0.6) is 0 Å². The summed E-state index contributed by atoms with van der Waals surface area (Å²) < 4.78 is 10.7. The van der Waals surface area contributed by atoms with Crippen molar-refractivity contribution in [2.45, 2.75) is 31.9 Å². The van der Waals surface area contributed by atoms with Gasteiger partial charge in [-0.15, -0.1) is 10.2 Å². The van der Waals surface area contributed by atoms with Crippen molar-refractivity contribution in [3.8, 4) is 11.5 Å². The van der Waals surface area contributed by atoms with Crippen molar-refractivity contribution < 1.29 is 18.7 Å². The normalized spacial score (nSPS) is 15.0. The molecule has 0 radical (unpaired) electrons. The molecule has 0 spiro atoms. The number of esters is 1. The quantitative estimate of drug-likeness (QED) is 0.554. The maximum absolute atomic E-state index is 12.4. The Kier molecular flexibility index (Phi) is 6.49. The second kappa shape index (κ2) is 9.03. The number of ether oxygens (including phenoxy) is 1. The molecule has 2 heterocycles. The predicted octanol–water partition coefficient (Wildman–Crippen LogP) is 2.94. The lowest BCUT2D eigenvalue weighted by Gasteiger charge is -2.30. The number of amides is 1. The van der Waals surface area contributed by atoms with Crippen LogP contribution in [0.15, 0.2) is 33.9 Å². The van der Waals surface area contributed by atoms with Gasteiger partial charge in [0.05, 0.1) is 18.3 Å². The zero-order chi connectivity index (χ0) is 19.2. The van der Waals surface area contributed by atoms with Crippen LogP contribution in [0.3, 0.4) is 0 Å². The van der Waals surface area contributed by atoms with Crippen LogP contribution in [0.4, 0.5) is 0 Å². The number of likely N-dealkylation sites (tertiary alicyclic amines) is 1. The van der Waals surface area contributed by atoms with Gasteiger partial charge in [0, 0.05) is 18.7 Å². The standard InChI is InChI=1S/C19H23N3O4S/c1-3-25-18(24)14-7-9-22(10-8-14)16(23)12-27-19-21-20-17(26-19)15-6-4-5-13(2)11-15/h4-6,11,14H,3,7-10,12H2,1-2H3. The van der Waals surface area contributed by atoms with Gasteiger partial charge >= 0.3 is 5.97 Å². The van der Waals surface area contributed by atoms with Crippen LogP contribution < -0.4 is 0 Å². The van der Waals surface area contributed by atoms with Crippen LogP contribution >= 0.6 is 11.8 Å². The Morgan fingerprint density at radius 1 is 1.30 bits per heavy atom. The van der Waals surface area contributed by atoms with E-state index in [-0.39, 0.29) is 23.5 Å². The molecule has 144 valence electrons. The first kappa shape index (κ1) is 19.4. The Balaban J connectivity index is 1.48. The third kappa shape index (κ3) is 5.09. The monoisotopic (exact) mass is 389 g/mol. The molecule has 1 aromatic carbocycles. The molecule has 7 nitrogen and oxygen atoms in total. The smallest absolute Gasteiger partial charge is 0.309 e. The largest absolute Gasteiger partial charge is 0.466 e. The maximum Gasteiger partial charge on any atom is 0.309 e. The lowest BCUT2D eigenvalue weighted by molar-refractivity contribution is -0.151. The summed E-state index contributed by atoms with van der Waals surface area (Å²) in [5.74, 6) is 0.434. The fourth-order valence-electron chi connectivity index (χ4n) is 3.00. The van der Waals surface area contributed by atoms with Crippen molar-refractivity contribution in [1.82, 2.24) is 15.1 Å². The SMILES string of the molecule is CCOC(=O)C1CCN(C(=O)CSc2nnc(-c3cccc(C)c3)o2)CC1. The minimum atomic E-state index is -0.159. The Hall–Kier alpha value is -2.35. The first-order valence-electron chi connectivity index (χ1n) is 9.04. The summed E-state index contributed by atoms with van der Waals surface area (Å²) >= 11 is 1.23. The van der Waals surface area contributed by atoms with Crippen LogP contribution in [0.1, 0.15) is 25.3 Å². The molecule has 1 saturated heterocycles. The molecular formula is C19H23N3O4S. The number of thioether (sulfide) groups is 1. The summed E-state index contributed by atoms with van der Waals surface area (Å²) in [7, 11) is 0. The number of nitrogens with zero attached hydrogens (tertiary/aromatic N) is 3. The Morgan fingerprint density at radius 2 is 2.07 bits per heavy atom. The minimum Gasteiger partial charge on any atom is -0.466 e. The summed E-state index contributed by atoms with van der Waals surface area (Å²) in [5.41, 5.74) is 1.98. The number of carbonyl (C=O) groups is 2. The van der Waals surface area contributed by atoms with Gasteiger partial charge in [-0.25, -0.2) is 0 Å². The summed E-state index contributed by atoms with van der Waals surface area (Å²) in [6.07, 6.45) is 1.29. The van der Waals surface area contributed by atoms with Gasteiger partial charge in [-0.1, -0.05) is 29.5 Å². The van der Waals surface area contributed by atoms with E-state index >= 15 is 0 Å². The van der Waals surface area contributed by atoms with Gasteiger partial charge in [-0.3, -0.25) is 9.59 Å². The van der Waals surface area contributed by atoms with Crippen molar-refractivity contribution in [3.05, 3.63) is 29.8 Å². The molecule has 0 unspecified atom stereocenters. The van der Waals surface area contributed by atoms with Crippen molar-refractivity contribution in [1.29, 1.82) is 0 Å². The van der Waals surface area contributed by atoms with Gasteiger partial charge < -0.3 is 14.1 Å². The van der Waals surface area contributed by atoms with Crippen molar-refractivity contribution in [2.24, 2.45) is 5.92 Å². The zero-order valence-electron chi connectivity index (χ0n) is 15.5. The number of aromatic nitrogens is 2. The molecule has 0 saturated carbocycles. The average Bonchev–Trinajstić information content (AvgIpc) is 3.15. The second-order valence-electron chi connectivity index (χ2n) is 6.44. The third-order valence-electron chi connectivity index (χ3n) is 4.46. The summed E-state index contributed by atoms with van der Waals surface area (Å²) in [5, 5.41) is 8.44. The van der Waals surface area contributed by atoms with E-state index in [1.165, 1.54) is 11.8 Å². The van der Waals surface area contributed by atoms with Gasteiger partial charge in [0.25, 0.3) is 5.22 Å². The number of rotatable bonds is 6. The number of piperidine rings is 1. The number of carbonyl (C=O) groups excluding carboxylic acids is 2. The molecule has 1 aromatic heterocycles. The van der Waals surface area contributed by atoms with Gasteiger partial charge in [0.1, 0.15) is 0 Å². The molecular weight excluding hydrogens is 366 g/mol. The molecule has 8 heteroatoms. The van der Waals surface area contributed by atoms with E-state index in [1.807, 2.05) is 31.2 Å². The second-order valence-corrected chi connectivity index (χ2v) is 7.36. The van der Waals surface area contributed by atoms with E-state index in [1.54, 1.807) is 11.8 Å². The maximum atomic E-state index is 12.4. The highest BCUT2D eigenvalue weighted by molar-refractivity contribution is 7.99. The highest BCUT2D eigenvalue weighted by Gasteiger charge is 2.28. The number of aryl methyl sites for hydroxylation is 1. The molecule has 1 aliphatic heterocycles. The van der Waals surface area contributed by atoms with E-state index in [2.05, 4.69) is 10.2 Å². The topological polar surface area (TPSA) is 85.5 Å². The number of benzene rings is 1. The van der Waals surface area contributed by atoms with E-state index in [4.69, 9.17) is 9.15 Å². The summed E-state index contributed by atoms with van der Waals surface area (Å²) in [4.78, 5) is 25.9. The lowest BCUT2D eigenvalue weighted by atomic mass is 9.97. The van der Waals surface area contributed by atoms with Crippen LogP contribution in [-0.2, 0) is 14.3 Å². The Labute approximate surface area is 162 Å². The fraction of sp³-hybridized carbons (Fsp3) is 0.474. The first-order chi connectivity index (χ1) is 13.1. The Bertz CT molecular complexity index is 800. The third-order valence-corrected chi connectivity index (χ3v) is 5.26. The average molecular weight is 389 g/mol. The number of hydrogen-bond acceptors (Lipinski definition) is 7. The Morgan fingerprint density at radius 3 is 2.78 bits per heavy atom. The molecule has 0 atom stereocenters. The van der Waals surface area contributed by atoms with Gasteiger partial charge in [-0.05, 0) is 38.8 Å². The van der Waals surface area contributed by atoms with E-state index in [9.17, 15) is 9.59 Å². The molecule has 1 amide bonds. The van der Waals surface area contributed by atoms with Crippen LogP contribution in [0.2, 0.25) is 0 Å². The zero-order valence-corrected chi connectivity index (χ0v) is 16.3. The fourth-order valence-corrected chi connectivity index (χ4v) is 3.67. The lowest BCUT2D eigenvalue weighted by Crippen LogP contribution is -2.41. The van der Waals surface area contributed by atoms with Crippen molar-refractivity contribution in [3.63, 3.8) is 0 Å². The molecule has 1 aliphatic rings. The van der Waals surface area contributed by atoms with Crippen LogP contribution in [0, 0.1) is 12.8 Å². The summed E-state index contributed by atoms with van der Waals surface area (Å²) in [6, 6.07) is 7.82. The summed E-state index contributed by atoms with van der Waals surface area (Å²) in [6.45, 7) is 5.33. The minimum absolute atomic E-state index is 0.0117. The molecule has 3 rings (SSSR count). The highest BCUT2D eigenvalue weighted by Crippen LogP contribution is 2.25. The van der Waals surface area contributed by atoms with Crippen LogP contribution in [-0.4, -0.2) is 52.4 Å². The first-order valence-corrected chi connectivity index (χ1v) is 10.0. The van der Waals surface area contributed by atoms with Gasteiger partial charge in [-0.2, -0.15) is 0 Å². The van der Waals surface area contributed by atoms with Gasteiger partial charge in [0.2, 0.25) is 11.8 Å². The predicted molar refractivity (Wildman–Crippen MR) is 101 cm³/mol. The van der Waals surface area contributed by atoms with Crippen molar-refractivity contribution in [2.75, 3.05) is 25.4 Å². The van der Waals surface area contributed by atoms with E-state index in [0.717, 1.165) is 11.1 Å². The van der Waals surface area contributed by atoms with E-state index in [0.29, 0.717) is 43.7 Å². The number of hydrogen-bond donors (Lipinski definition) is 0. The molecule has 0 bridgehead atoms. The van der Waals surface area contributed by atoms with Crippen molar-refractivity contribution >= 4 is 23.6 Å². The molecule has 0 aliphatic carbocycles. The molecule has 27 heavy (non-hydrogen) atoms. The van der Waals surface area contributed by atoms with Gasteiger partial charge in [0.15, 0.2) is 0 Å². The molecule has 1 fully saturated rings. The molecule has 0 N–H and O–H groups in total.